The number of carboxylic acids is 2. The normalized spacial score (nSPS) is 15.2. The predicted octanol–water partition coefficient (Wildman–Crippen LogP) is 5.15. The molecule has 3 N–H and O–H groups in total. The van der Waals surface area contributed by atoms with E-state index in [0.717, 1.165) is 25.7 Å². The van der Waals surface area contributed by atoms with Gasteiger partial charge in [0, 0.05) is 0 Å². The minimum Gasteiger partial charge on any atom is -0.481 e. The highest BCUT2D eigenvalue weighted by Crippen LogP contribution is 2.37. The first-order chi connectivity index (χ1) is 13.5. The lowest BCUT2D eigenvalue weighted by Gasteiger charge is -2.32. The second-order valence-corrected chi connectivity index (χ2v) is 10.1. The zero-order valence-corrected chi connectivity index (χ0v) is 19.0. The highest BCUT2D eigenvalue weighted by atomic mass is 32.2. The van der Waals surface area contributed by atoms with Gasteiger partial charge in [0.1, 0.15) is 0 Å². The van der Waals surface area contributed by atoms with Gasteiger partial charge >= 0.3 is 11.9 Å². The Bertz CT molecular complexity index is 586. The van der Waals surface area contributed by atoms with Crippen molar-refractivity contribution in [1.29, 1.82) is 0 Å². The van der Waals surface area contributed by atoms with E-state index < -0.39 is 39.1 Å². The van der Waals surface area contributed by atoms with Gasteiger partial charge in [-0.2, -0.15) is 8.42 Å². The summed E-state index contributed by atoms with van der Waals surface area (Å²) >= 11 is 0. The Kier molecular flexibility index (Phi) is 13.4. The smallest absolute Gasteiger partial charge is 0.328 e. The Balaban J connectivity index is 4.95. The third-order valence-corrected chi connectivity index (χ3v) is 7.20. The van der Waals surface area contributed by atoms with E-state index in [0.29, 0.717) is 12.8 Å². The molecular formula is C21H40O7S. The number of hydrogen-bond donors (Lipinski definition) is 3. The van der Waals surface area contributed by atoms with Crippen LogP contribution in [0.3, 0.4) is 0 Å². The second kappa shape index (κ2) is 14.0. The van der Waals surface area contributed by atoms with E-state index in [-0.39, 0.29) is 18.8 Å². The summed E-state index contributed by atoms with van der Waals surface area (Å²) < 4.78 is 31.2. The first kappa shape index (κ1) is 27.8. The Labute approximate surface area is 176 Å². The molecule has 0 aromatic rings. The van der Waals surface area contributed by atoms with E-state index in [1.165, 1.54) is 25.7 Å². The van der Waals surface area contributed by atoms with Crippen molar-refractivity contribution in [1.82, 2.24) is 0 Å². The fourth-order valence-electron chi connectivity index (χ4n) is 3.78. The maximum absolute atomic E-state index is 12.1. The number of rotatable bonds is 18. The standard InChI is InChI=1S/C21H40O7S/c1-4-5-6-7-8-9-10-11-12-13-16-21(20(24)25,29(26,27)28)18(19(22)23)15-14-17(2)3/h17-18H,4-16H2,1-3H3,(H,22,23)(H,24,25)(H,26,27,28). The summed E-state index contributed by atoms with van der Waals surface area (Å²) in [4.78, 5) is 23.7. The average Bonchev–Trinajstić information content (AvgIpc) is 2.59. The molecule has 0 fully saturated rings. The van der Waals surface area contributed by atoms with Gasteiger partial charge < -0.3 is 10.2 Å². The molecule has 0 bridgehead atoms. The Morgan fingerprint density at radius 1 is 0.828 bits per heavy atom. The van der Waals surface area contributed by atoms with E-state index >= 15 is 0 Å². The molecule has 0 saturated heterocycles. The van der Waals surface area contributed by atoms with E-state index in [1.807, 2.05) is 13.8 Å². The lowest BCUT2D eigenvalue weighted by Crippen LogP contribution is -2.55. The lowest BCUT2D eigenvalue weighted by molar-refractivity contribution is -0.152. The molecule has 172 valence electrons. The van der Waals surface area contributed by atoms with Crippen LogP contribution in [0.15, 0.2) is 0 Å². The van der Waals surface area contributed by atoms with Crippen LogP contribution < -0.4 is 0 Å². The van der Waals surface area contributed by atoms with E-state index in [9.17, 15) is 32.8 Å². The molecule has 0 radical (unpaired) electrons. The van der Waals surface area contributed by atoms with E-state index in [1.54, 1.807) is 0 Å². The van der Waals surface area contributed by atoms with Crippen molar-refractivity contribution in [3.05, 3.63) is 0 Å². The Morgan fingerprint density at radius 2 is 1.28 bits per heavy atom. The van der Waals surface area contributed by atoms with Crippen molar-refractivity contribution < 1.29 is 32.8 Å². The molecule has 0 spiro atoms. The molecule has 29 heavy (non-hydrogen) atoms. The van der Waals surface area contributed by atoms with Crippen LogP contribution in [0.4, 0.5) is 0 Å². The quantitative estimate of drug-likeness (QED) is 0.200. The minimum absolute atomic E-state index is 0.0852. The summed E-state index contributed by atoms with van der Waals surface area (Å²) in [5.74, 6) is -4.89. The summed E-state index contributed by atoms with van der Waals surface area (Å²) in [5.41, 5.74) is 0. The molecule has 0 heterocycles. The van der Waals surface area contributed by atoms with Gasteiger partial charge in [0.2, 0.25) is 4.75 Å². The first-order valence-corrected chi connectivity index (χ1v) is 12.4. The highest BCUT2D eigenvalue weighted by molar-refractivity contribution is 7.88. The molecule has 2 unspecified atom stereocenters. The van der Waals surface area contributed by atoms with Crippen molar-refractivity contribution in [2.75, 3.05) is 0 Å². The molecule has 0 saturated carbocycles. The molecule has 0 amide bonds. The van der Waals surface area contributed by atoms with Crippen LogP contribution in [-0.4, -0.2) is 39.9 Å². The minimum atomic E-state index is -5.11. The largest absolute Gasteiger partial charge is 0.481 e. The van der Waals surface area contributed by atoms with E-state index in [2.05, 4.69) is 6.92 Å². The summed E-state index contributed by atoms with van der Waals surface area (Å²) in [6, 6.07) is 0. The van der Waals surface area contributed by atoms with Gasteiger partial charge in [-0.05, 0) is 18.8 Å². The van der Waals surface area contributed by atoms with Crippen molar-refractivity contribution in [3.63, 3.8) is 0 Å². The number of aliphatic carboxylic acids is 2. The predicted molar refractivity (Wildman–Crippen MR) is 114 cm³/mol. The second-order valence-electron chi connectivity index (χ2n) is 8.46. The SMILES string of the molecule is CCCCCCCCCCCCC(C(=O)O)(C(CCC(C)C)C(=O)O)S(=O)(=O)O. The molecule has 0 aliphatic heterocycles. The van der Waals surface area contributed by atoms with Crippen molar-refractivity contribution in [3.8, 4) is 0 Å². The maximum Gasteiger partial charge on any atom is 0.328 e. The summed E-state index contributed by atoms with van der Waals surface area (Å²) in [5, 5.41) is 19.2. The fourth-order valence-corrected chi connectivity index (χ4v) is 4.98. The monoisotopic (exact) mass is 436 g/mol. The van der Waals surface area contributed by atoms with Crippen LogP contribution in [0.2, 0.25) is 0 Å². The van der Waals surface area contributed by atoms with Crippen molar-refractivity contribution in [2.24, 2.45) is 11.8 Å². The van der Waals surface area contributed by atoms with Crippen LogP contribution in [0, 0.1) is 11.8 Å². The van der Waals surface area contributed by atoms with Crippen LogP contribution in [0.5, 0.6) is 0 Å². The Morgan fingerprint density at radius 3 is 1.62 bits per heavy atom. The maximum atomic E-state index is 12.1. The van der Waals surface area contributed by atoms with Crippen molar-refractivity contribution in [2.45, 2.75) is 109 Å². The summed E-state index contributed by atoms with van der Waals surface area (Å²) in [7, 11) is -5.11. The molecule has 7 nitrogen and oxygen atoms in total. The van der Waals surface area contributed by atoms with Gasteiger partial charge in [-0.15, -0.1) is 0 Å². The average molecular weight is 437 g/mol. The van der Waals surface area contributed by atoms with Gasteiger partial charge in [0.25, 0.3) is 10.1 Å². The van der Waals surface area contributed by atoms with Crippen molar-refractivity contribution >= 4 is 22.1 Å². The lowest BCUT2D eigenvalue weighted by atomic mass is 9.82. The van der Waals surface area contributed by atoms with Crippen LogP contribution in [0.25, 0.3) is 0 Å². The number of carbonyl (C=O) groups is 2. The third-order valence-electron chi connectivity index (χ3n) is 5.62. The van der Waals surface area contributed by atoms with E-state index in [4.69, 9.17) is 0 Å². The molecule has 0 rings (SSSR count). The number of carboxylic acid groups (broad SMARTS) is 2. The van der Waals surface area contributed by atoms with Gasteiger partial charge in [-0.3, -0.25) is 14.1 Å². The Hall–Kier alpha value is -1.15. The summed E-state index contributed by atoms with van der Waals surface area (Å²) in [6.07, 6.45) is 9.63. The van der Waals surface area contributed by atoms with Gasteiger partial charge in [-0.25, -0.2) is 0 Å². The zero-order valence-electron chi connectivity index (χ0n) is 18.2. The highest BCUT2D eigenvalue weighted by Gasteiger charge is 2.58. The molecular weight excluding hydrogens is 396 g/mol. The van der Waals surface area contributed by atoms with Crippen LogP contribution >= 0.6 is 0 Å². The fraction of sp³-hybridized carbons (Fsp3) is 0.905. The number of unbranched alkanes of at least 4 members (excludes halogenated alkanes) is 9. The third kappa shape index (κ3) is 9.47. The number of hydrogen-bond acceptors (Lipinski definition) is 4. The molecule has 0 aliphatic rings. The van der Waals surface area contributed by atoms with Gasteiger partial charge in [-0.1, -0.05) is 91.4 Å². The molecule has 2 atom stereocenters. The van der Waals surface area contributed by atoms with Crippen LogP contribution in [0.1, 0.15) is 104 Å². The van der Waals surface area contributed by atoms with Gasteiger partial charge in [0.15, 0.2) is 0 Å². The molecule has 0 aromatic carbocycles. The molecule has 0 aromatic heterocycles. The zero-order chi connectivity index (χ0) is 22.5. The van der Waals surface area contributed by atoms with Crippen LogP contribution in [-0.2, 0) is 19.7 Å². The molecule has 8 heteroatoms. The molecule has 0 aliphatic carbocycles. The topological polar surface area (TPSA) is 129 Å². The summed E-state index contributed by atoms with van der Waals surface area (Å²) in [6.45, 7) is 5.86. The van der Waals surface area contributed by atoms with Gasteiger partial charge in [0.05, 0.1) is 5.92 Å². The first-order valence-electron chi connectivity index (χ1n) is 10.9.